The molecule has 1 aliphatic rings. The molecular formula is C26H44O4SSi2. The number of esters is 1. The Kier molecular flexibility index (Phi) is 8.94. The third-order valence-corrected chi connectivity index (χ3v) is 17.7. The second-order valence-corrected chi connectivity index (χ2v) is 22.8. The minimum Gasteiger partial charge on any atom is -0.466 e. The van der Waals surface area contributed by atoms with E-state index in [-0.39, 0.29) is 33.5 Å². The maximum Gasteiger partial charge on any atom is 0.334 e. The van der Waals surface area contributed by atoms with Crippen molar-refractivity contribution in [2.45, 2.75) is 107 Å². The highest BCUT2D eigenvalue weighted by molar-refractivity contribution is 8.00. The van der Waals surface area contributed by atoms with E-state index in [0.29, 0.717) is 12.0 Å². The van der Waals surface area contributed by atoms with E-state index in [4.69, 9.17) is 13.6 Å². The molecule has 0 spiro atoms. The summed E-state index contributed by atoms with van der Waals surface area (Å²) in [6, 6.07) is 10.2. The van der Waals surface area contributed by atoms with Gasteiger partial charge in [-0.05, 0) is 60.9 Å². The Bertz CT molecular complexity index is 838. The SMILES string of the molecule is COC(=O)C1=C[C@@H](O[Si](C)(C)C(C)(C)C)[C@H](O[Si](C)(C)C(C)(C)C)C[C@H]1Sc1ccccc1. The second kappa shape index (κ2) is 10.4. The Hall–Kier alpha value is -0.866. The predicted octanol–water partition coefficient (Wildman–Crippen LogP) is 7.43. The van der Waals surface area contributed by atoms with Crippen LogP contribution in [0.25, 0.3) is 0 Å². The molecule has 0 N–H and O–H groups in total. The van der Waals surface area contributed by atoms with Crippen LogP contribution < -0.4 is 0 Å². The molecule has 0 bridgehead atoms. The zero-order chi connectivity index (χ0) is 25.2. The summed E-state index contributed by atoms with van der Waals surface area (Å²) in [5, 5.41) is 0.0979. The van der Waals surface area contributed by atoms with Gasteiger partial charge in [0.2, 0.25) is 0 Å². The molecule has 0 aromatic heterocycles. The van der Waals surface area contributed by atoms with Gasteiger partial charge < -0.3 is 13.6 Å². The van der Waals surface area contributed by atoms with Gasteiger partial charge in [-0.3, -0.25) is 0 Å². The van der Waals surface area contributed by atoms with Crippen molar-refractivity contribution >= 4 is 34.4 Å². The number of thioether (sulfide) groups is 1. The van der Waals surface area contributed by atoms with Crippen molar-refractivity contribution in [1.29, 1.82) is 0 Å². The van der Waals surface area contributed by atoms with Gasteiger partial charge in [0.25, 0.3) is 0 Å². The smallest absolute Gasteiger partial charge is 0.334 e. The minimum atomic E-state index is -2.09. The first-order valence-corrected chi connectivity index (χ1v) is 18.6. The standard InChI is InChI=1S/C26H44O4SSi2/c1-25(2,3)32(8,9)29-21-17-20(24(27)28-7)23(31-19-15-13-12-14-16-19)18-22(21)30-33(10,11)26(4,5)6/h12-17,21-23H,18H2,1-11H3/t21-,22-,23-/m1/s1. The van der Waals surface area contributed by atoms with Crippen LogP contribution in [0.3, 0.4) is 0 Å². The Labute approximate surface area is 208 Å². The topological polar surface area (TPSA) is 44.8 Å². The van der Waals surface area contributed by atoms with Crippen molar-refractivity contribution in [2.24, 2.45) is 0 Å². The summed E-state index contributed by atoms with van der Waals surface area (Å²) in [7, 11) is -2.69. The fraction of sp³-hybridized carbons (Fsp3) is 0.654. The first-order chi connectivity index (χ1) is 15.0. The molecule has 2 rings (SSSR count). The van der Waals surface area contributed by atoms with E-state index in [1.165, 1.54) is 7.11 Å². The molecule has 4 nitrogen and oxygen atoms in total. The van der Waals surface area contributed by atoms with Crippen LogP contribution in [0.15, 0.2) is 46.9 Å². The number of rotatable bonds is 7. The lowest BCUT2D eigenvalue weighted by Crippen LogP contribution is -2.53. The number of methoxy groups -OCH3 is 1. The summed E-state index contributed by atoms with van der Waals surface area (Å²) in [6.45, 7) is 22.6. The number of hydrogen-bond acceptors (Lipinski definition) is 5. The summed E-state index contributed by atoms with van der Waals surface area (Å²) >= 11 is 1.70. The van der Waals surface area contributed by atoms with Crippen LogP contribution in [0, 0.1) is 0 Å². The quantitative estimate of drug-likeness (QED) is 0.283. The van der Waals surface area contributed by atoms with Gasteiger partial charge in [0.05, 0.1) is 19.3 Å². The van der Waals surface area contributed by atoms with E-state index in [1.807, 2.05) is 24.3 Å². The van der Waals surface area contributed by atoms with E-state index in [2.05, 4.69) is 79.9 Å². The lowest BCUT2D eigenvalue weighted by atomic mass is 9.94. The third-order valence-electron chi connectivity index (χ3n) is 7.44. The van der Waals surface area contributed by atoms with Crippen LogP contribution in [0.5, 0.6) is 0 Å². The summed E-state index contributed by atoms with van der Waals surface area (Å²) < 4.78 is 19.0. The summed E-state index contributed by atoms with van der Waals surface area (Å²) in [5.74, 6) is -0.280. The normalized spacial score (nSPS) is 22.6. The number of hydrogen-bond donors (Lipinski definition) is 0. The highest BCUT2D eigenvalue weighted by atomic mass is 32.2. The van der Waals surface area contributed by atoms with Crippen molar-refractivity contribution in [3.8, 4) is 0 Å². The predicted molar refractivity (Wildman–Crippen MR) is 145 cm³/mol. The summed E-state index contributed by atoms with van der Waals surface area (Å²) in [6.07, 6.45) is 2.36. The van der Waals surface area contributed by atoms with Crippen molar-refractivity contribution in [3.05, 3.63) is 42.0 Å². The van der Waals surface area contributed by atoms with Crippen molar-refractivity contribution in [1.82, 2.24) is 0 Å². The Balaban J connectivity index is 2.50. The van der Waals surface area contributed by atoms with Crippen LogP contribution in [0.1, 0.15) is 48.0 Å². The number of carbonyl (C=O) groups excluding carboxylic acids is 1. The largest absolute Gasteiger partial charge is 0.466 e. The van der Waals surface area contributed by atoms with Crippen LogP contribution >= 0.6 is 11.8 Å². The van der Waals surface area contributed by atoms with Gasteiger partial charge in [-0.25, -0.2) is 4.79 Å². The van der Waals surface area contributed by atoms with Gasteiger partial charge >= 0.3 is 5.97 Å². The molecule has 0 saturated carbocycles. The average molecular weight is 509 g/mol. The zero-order valence-corrected chi connectivity index (χ0v) is 25.3. The van der Waals surface area contributed by atoms with Crippen LogP contribution in [-0.4, -0.2) is 47.2 Å². The molecule has 0 aliphatic heterocycles. The van der Waals surface area contributed by atoms with E-state index >= 15 is 0 Å². The zero-order valence-electron chi connectivity index (χ0n) is 22.4. The van der Waals surface area contributed by atoms with Crippen LogP contribution in [0.4, 0.5) is 0 Å². The average Bonchev–Trinajstić information content (AvgIpc) is 2.68. The van der Waals surface area contributed by atoms with E-state index in [1.54, 1.807) is 11.8 Å². The van der Waals surface area contributed by atoms with Crippen LogP contribution in [-0.2, 0) is 18.4 Å². The van der Waals surface area contributed by atoms with Crippen molar-refractivity contribution in [3.63, 3.8) is 0 Å². The Morgan fingerprint density at radius 1 is 0.909 bits per heavy atom. The number of ether oxygens (including phenoxy) is 1. The third kappa shape index (κ3) is 7.07. The molecule has 0 unspecified atom stereocenters. The summed E-state index contributed by atoms with van der Waals surface area (Å²) in [5.41, 5.74) is 0.685. The highest BCUT2D eigenvalue weighted by Gasteiger charge is 2.47. The van der Waals surface area contributed by atoms with Crippen molar-refractivity contribution < 1.29 is 18.4 Å². The van der Waals surface area contributed by atoms with Gasteiger partial charge in [-0.2, -0.15) is 0 Å². The van der Waals surface area contributed by atoms with Gasteiger partial charge in [-0.1, -0.05) is 59.7 Å². The molecule has 1 aromatic carbocycles. The Morgan fingerprint density at radius 2 is 1.42 bits per heavy atom. The maximum absolute atomic E-state index is 12.8. The molecule has 0 fully saturated rings. The fourth-order valence-electron chi connectivity index (χ4n) is 3.25. The fourth-order valence-corrected chi connectivity index (χ4v) is 7.08. The summed E-state index contributed by atoms with van der Waals surface area (Å²) in [4.78, 5) is 14.0. The first-order valence-electron chi connectivity index (χ1n) is 11.9. The second-order valence-electron chi connectivity index (χ2n) is 12.0. The lowest BCUT2D eigenvalue weighted by Gasteiger charge is -2.46. The van der Waals surface area contributed by atoms with Crippen LogP contribution in [0.2, 0.25) is 36.3 Å². The number of carbonyl (C=O) groups is 1. The molecule has 1 aliphatic carbocycles. The van der Waals surface area contributed by atoms with Gasteiger partial charge in [-0.15, -0.1) is 11.8 Å². The molecule has 33 heavy (non-hydrogen) atoms. The number of benzene rings is 1. The van der Waals surface area contributed by atoms with Gasteiger partial charge in [0.1, 0.15) is 0 Å². The van der Waals surface area contributed by atoms with E-state index < -0.39 is 16.6 Å². The molecule has 0 amide bonds. The molecular weight excluding hydrogens is 465 g/mol. The lowest BCUT2D eigenvalue weighted by molar-refractivity contribution is -0.136. The van der Waals surface area contributed by atoms with E-state index in [0.717, 1.165) is 4.90 Å². The molecule has 0 saturated heterocycles. The highest BCUT2D eigenvalue weighted by Crippen LogP contribution is 2.44. The van der Waals surface area contributed by atoms with Gasteiger partial charge in [0.15, 0.2) is 16.6 Å². The monoisotopic (exact) mass is 508 g/mol. The minimum absolute atomic E-state index is 0.0473. The molecule has 7 heteroatoms. The van der Waals surface area contributed by atoms with Crippen molar-refractivity contribution in [2.75, 3.05) is 7.11 Å². The molecule has 0 radical (unpaired) electrons. The molecule has 1 aromatic rings. The van der Waals surface area contributed by atoms with E-state index in [9.17, 15) is 4.79 Å². The molecule has 186 valence electrons. The molecule has 3 atom stereocenters. The first kappa shape index (κ1) is 28.4. The Morgan fingerprint density at radius 3 is 1.91 bits per heavy atom. The van der Waals surface area contributed by atoms with Gasteiger partial charge in [0, 0.05) is 15.7 Å². The molecule has 0 heterocycles. The maximum atomic E-state index is 12.8.